The Morgan fingerprint density at radius 3 is 2.74 bits per heavy atom. The number of sulfone groups is 1. The second-order valence-electron chi connectivity index (χ2n) is 5.20. The fourth-order valence-corrected chi connectivity index (χ4v) is 2.55. The van der Waals surface area contributed by atoms with Gasteiger partial charge in [-0.05, 0) is 17.7 Å². The second kappa shape index (κ2) is 9.75. The van der Waals surface area contributed by atoms with Gasteiger partial charge < -0.3 is 15.0 Å². The van der Waals surface area contributed by atoms with Crippen LogP contribution < -0.4 is 5.32 Å². The summed E-state index contributed by atoms with van der Waals surface area (Å²) in [6, 6.07) is 7.67. The second-order valence-corrected chi connectivity index (χ2v) is 7.90. The van der Waals surface area contributed by atoms with E-state index < -0.39 is 9.84 Å². The number of benzene rings is 1. The Hall–Kier alpha value is -1.31. The monoisotopic (exact) mass is 361 g/mol. The van der Waals surface area contributed by atoms with Gasteiger partial charge in [0.05, 0.1) is 19.0 Å². The number of aliphatic imine (C=N–C) groups is 1. The normalized spacial score (nSPS) is 12.3. The standard InChI is InChI=1S/C15H24ClN3O3S/c1-17-15(18-7-8-22-9-10-23(3,20)21)19(2)12-13-5-4-6-14(16)11-13/h4-6,11H,7-10,12H2,1-3H3,(H,17,18). The highest BCUT2D eigenvalue weighted by Crippen LogP contribution is 2.12. The molecule has 0 heterocycles. The van der Waals surface area contributed by atoms with E-state index in [0.717, 1.165) is 11.5 Å². The topological polar surface area (TPSA) is 71.0 Å². The highest BCUT2D eigenvalue weighted by Gasteiger charge is 2.07. The van der Waals surface area contributed by atoms with Crippen molar-refractivity contribution in [2.24, 2.45) is 4.99 Å². The average Bonchev–Trinajstić information content (AvgIpc) is 2.45. The zero-order valence-electron chi connectivity index (χ0n) is 13.8. The van der Waals surface area contributed by atoms with E-state index in [-0.39, 0.29) is 12.4 Å². The summed E-state index contributed by atoms with van der Waals surface area (Å²) in [5.74, 6) is 0.771. The molecule has 0 aliphatic heterocycles. The molecular weight excluding hydrogens is 338 g/mol. The lowest BCUT2D eigenvalue weighted by Gasteiger charge is -2.22. The van der Waals surface area contributed by atoms with Gasteiger partial charge in [-0.3, -0.25) is 4.99 Å². The Morgan fingerprint density at radius 1 is 1.39 bits per heavy atom. The van der Waals surface area contributed by atoms with E-state index in [9.17, 15) is 8.42 Å². The van der Waals surface area contributed by atoms with Crippen molar-refractivity contribution in [3.8, 4) is 0 Å². The third-order valence-electron chi connectivity index (χ3n) is 3.01. The van der Waals surface area contributed by atoms with Gasteiger partial charge >= 0.3 is 0 Å². The molecule has 0 saturated carbocycles. The molecule has 1 rings (SSSR count). The highest BCUT2D eigenvalue weighted by molar-refractivity contribution is 7.90. The first kappa shape index (κ1) is 19.7. The molecule has 0 unspecified atom stereocenters. The largest absolute Gasteiger partial charge is 0.379 e. The van der Waals surface area contributed by atoms with Crippen LogP contribution in [0.25, 0.3) is 0 Å². The fourth-order valence-electron chi connectivity index (χ4n) is 1.92. The Bertz CT molecular complexity index is 620. The van der Waals surface area contributed by atoms with E-state index in [4.69, 9.17) is 16.3 Å². The summed E-state index contributed by atoms with van der Waals surface area (Å²) in [7, 11) is 0.669. The minimum absolute atomic E-state index is 0.0381. The van der Waals surface area contributed by atoms with Crippen LogP contribution in [0.4, 0.5) is 0 Å². The van der Waals surface area contributed by atoms with Gasteiger partial charge in [0.1, 0.15) is 9.84 Å². The predicted octanol–water partition coefficient (Wildman–Crippen LogP) is 1.41. The molecule has 0 fully saturated rings. The number of rotatable bonds is 8. The van der Waals surface area contributed by atoms with E-state index >= 15 is 0 Å². The summed E-state index contributed by atoms with van der Waals surface area (Å²) in [5, 5.41) is 3.88. The molecule has 1 aromatic carbocycles. The molecule has 0 atom stereocenters. The van der Waals surface area contributed by atoms with Gasteiger partial charge in [0.25, 0.3) is 0 Å². The molecule has 23 heavy (non-hydrogen) atoms. The number of nitrogens with zero attached hydrogens (tertiary/aromatic N) is 2. The Morgan fingerprint density at radius 2 is 2.13 bits per heavy atom. The lowest BCUT2D eigenvalue weighted by atomic mass is 10.2. The minimum atomic E-state index is -2.97. The minimum Gasteiger partial charge on any atom is -0.379 e. The van der Waals surface area contributed by atoms with Crippen molar-refractivity contribution in [3.63, 3.8) is 0 Å². The maximum atomic E-state index is 11.0. The number of ether oxygens (including phenoxy) is 1. The molecule has 130 valence electrons. The number of nitrogens with one attached hydrogen (secondary N) is 1. The van der Waals surface area contributed by atoms with E-state index in [1.807, 2.05) is 36.2 Å². The summed E-state index contributed by atoms with van der Waals surface area (Å²) < 4.78 is 27.2. The van der Waals surface area contributed by atoms with Crippen LogP contribution in [0.15, 0.2) is 29.3 Å². The van der Waals surface area contributed by atoms with E-state index in [1.165, 1.54) is 6.26 Å². The molecule has 6 nitrogen and oxygen atoms in total. The van der Waals surface area contributed by atoms with Gasteiger partial charge in [-0.15, -0.1) is 0 Å². The van der Waals surface area contributed by atoms with Gasteiger partial charge in [0.15, 0.2) is 5.96 Å². The first-order valence-corrected chi connectivity index (χ1v) is 9.67. The Kier molecular flexibility index (Phi) is 8.36. The molecule has 0 aromatic heterocycles. The fraction of sp³-hybridized carbons (Fsp3) is 0.533. The van der Waals surface area contributed by atoms with Gasteiger partial charge in [-0.2, -0.15) is 0 Å². The zero-order valence-corrected chi connectivity index (χ0v) is 15.3. The Labute approximate surface area is 143 Å². The number of hydrogen-bond donors (Lipinski definition) is 1. The van der Waals surface area contributed by atoms with Gasteiger partial charge in [0.2, 0.25) is 0 Å². The molecule has 0 spiro atoms. The summed E-state index contributed by atoms with van der Waals surface area (Å²) in [4.78, 5) is 6.19. The zero-order chi connectivity index (χ0) is 17.3. The molecule has 0 saturated heterocycles. The van der Waals surface area contributed by atoms with Crippen LogP contribution in [-0.4, -0.2) is 65.1 Å². The first-order chi connectivity index (χ1) is 10.8. The summed E-state index contributed by atoms with van der Waals surface area (Å²) in [6.45, 7) is 1.85. The average molecular weight is 362 g/mol. The smallest absolute Gasteiger partial charge is 0.193 e. The molecule has 0 aliphatic carbocycles. The van der Waals surface area contributed by atoms with Crippen molar-refractivity contribution in [1.29, 1.82) is 0 Å². The molecule has 1 aromatic rings. The molecule has 0 amide bonds. The van der Waals surface area contributed by atoms with Gasteiger partial charge in [-0.1, -0.05) is 23.7 Å². The molecule has 1 N–H and O–H groups in total. The lowest BCUT2D eigenvalue weighted by Crippen LogP contribution is -2.40. The van der Waals surface area contributed by atoms with Gasteiger partial charge in [0, 0.05) is 38.5 Å². The molecular formula is C15H24ClN3O3S. The lowest BCUT2D eigenvalue weighted by molar-refractivity contribution is 0.153. The van der Waals surface area contributed by atoms with Crippen LogP contribution >= 0.6 is 11.6 Å². The number of hydrogen-bond acceptors (Lipinski definition) is 4. The third kappa shape index (κ3) is 8.78. The Balaban J connectivity index is 2.33. The highest BCUT2D eigenvalue weighted by atomic mass is 35.5. The van der Waals surface area contributed by atoms with Crippen molar-refractivity contribution in [2.75, 3.05) is 45.9 Å². The van der Waals surface area contributed by atoms with Crippen molar-refractivity contribution < 1.29 is 13.2 Å². The van der Waals surface area contributed by atoms with E-state index in [0.29, 0.717) is 24.7 Å². The van der Waals surface area contributed by atoms with Crippen LogP contribution in [-0.2, 0) is 21.1 Å². The maximum absolute atomic E-state index is 11.0. The summed E-state index contributed by atoms with van der Waals surface area (Å²) in [6.07, 6.45) is 1.20. The predicted molar refractivity (Wildman–Crippen MR) is 94.8 cm³/mol. The van der Waals surface area contributed by atoms with Crippen LogP contribution in [0, 0.1) is 0 Å². The SMILES string of the molecule is CN=C(NCCOCCS(C)(=O)=O)N(C)Cc1cccc(Cl)c1. The van der Waals surface area contributed by atoms with Crippen molar-refractivity contribution in [1.82, 2.24) is 10.2 Å². The molecule has 8 heteroatoms. The van der Waals surface area contributed by atoms with E-state index in [1.54, 1.807) is 7.05 Å². The quantitative estimate of drug-likeness (QED) is 0.430. The van der Waals surface area contributed by atoms with Crippen LogP contribution in [0.3, 0.4) is 0 Å². The maximum Gasteiger partial charge on any atom is 0.193 e. The van der Waals surface area contributed by atoms with Crippen LogP contribution in [0.2, 0.25) is 5.02 Å². The molecule has 0 radical (unpaired) electrons. The van der Waals surface area contributed by atoms with Crippen LogP contribution in [0.5, 0.6) is 0 Å². The summed E-state index contributed by atoms with van der Waals surface area (Å²) >= 11 is 5.98. The molecule has 0 aliphatic rings. The van der Waals surface area contributed by atoms with Crippen molar-refractivity contribution >= 4 is 27.4 Å². The van der Waals surface area contributed by atoms with E-state index in [2.05, 4.69) is 10.3 Å². The van der Waals surface area contributed by atoms with Crippen molar-refractivity contribution in [2.45, 2.75) is 6.54 Å². The number of halogens is 1. The summed E-state index contributed by atoms with van der Waals surface area (Å²) in [5.41, 5.74) is 1.09. The van der Waals surface area contributed by atoms with Crippen LogP contribution in [0.1, 0.15) is 5.56 Å². The number of guanidine groups is 1. The molecule has 0 bridgehead atoms. The third-order valence-corrected chi connectivity index (χ3v) is 4.15. The van der Waals surface area contributed by atoms with Crippen molar-refractivity contribution in [3.05, 3.63) is 34.9 Å². The first-order valence-electron chi connectivity index (χ1n) is 7.23. The van der Waals surface area contributed by atoms with Gasteiger partial charge in [-0.25, -0.2) is 8.42 Å².